The number of alkyl halides is 4. The summed E-state index contributed by atoms with van der Waals surface area (Å²) in [7, 11) is 1.44. The van der Waals surface area contributed by atoms with Crippen LogP contribution in [0.2, 0.25) is 0 Å². The lowest BCUT2D eigenvalue weighted by Crippen LogP contribution is -2.48. The van der Waals surface area contributed by atoms with Gasteiger partial charge in [0, 0.05) is 24.8 Å². The van der Waals surface area contributed by atoms with Crippen molar-refractivity contribution < 1.29 is 27.0 Å². The van der Waals surface area contributed by atoms with E-state index in [0.717, 1.165) is 0 Å². The Labute approximate surface area is 203 Å². The number of rotatable bonds is 8. The number of nitrogens with one attached hydrogen (secondary N) is 3. The molecule has 0 amide bonds. The lowest BCUT2D eigenvalue weighted by Gasteiger charge is -2.34. The first-order chi connectivity index (χ1) is 17.3. The lowest BCUT2D eigenvalue weighted by molar-refractivity contribution is -0.115. The molecule has 2 aliphatic rings. The second kappa shape index (κ2) is 9.50. The monoisotopic (exact) mass is 508 g/mol. The van der Waals surface area contributed by atoms with E-state index in [1.54, 1.807) is 18.3 Å². The fourth-order valence-corrected chi connectivity index (χ4v) is 4.39. The van der Waals surface area contributed by atoms with Crippen molar-refractivity contribution in [1.29, 1.82) is 5.53 Å². The molecule has 192 valence electrons. The predicted octanol–water partition coefficient (Wildman–Crippen LogP) is 3.87. The van der Waals surface area contributed by atoms with Crippen LogP contribution in [0.3, 0.4) is 0 Å². The first-order valence-corrected chi connectivity index (χ1v) is 11.2. The largest absolute Gasteiger partial charge is 0.479 e. The molecule has 0 bridgehead atoms. The molecule has 36 heavy (non-hydrogen) atoms. The molecule has 2 fully saturated rings. The van der Waals surface area contributed by atoms with Crippen molar-refractivity contribution in [2.45, 2.75) is 24.4 Å². The van der Waals surface area contributed by atoms with Crippen LogP contribution in [0.1, 0.15) is 0 Å². The number of benzene rings is 1. The Bertz CT molecular complexity index is 1260. The Morgan fingerprint density at radius 3 is 2.72 bits per heavy atom. The maximum absolute atomic E-state index is 14.7. The van der Waals surface area contributed by atoms with E-state index in [9.17, 15) is 17.6 Å². The number of nitrogens with zero attached hydrogens (tertiary/aromatic N) is 5. The Hall–Kier alpha value is -3.52. The van der Waals surface area contributed by atoms with Crippen molar-refractivity contribution in [1.82, 2.24) is 19.5 Å². The molecule has 5 rings (SSSR count). The number of aromatic nitrogens is 3. The third-order valence-corrected chi connectivity index (χ3v) is 6.31. The number of anilines is 2. The van der Waals surface area contributed by atoms with Gasteiger partial charge >= 0.3 is 6.18 Å². The van der Waals surface area contributed by atoms with Crippen LogP contribution < -0.4 is 15.4 Å². The van der Waals surface area contributed by atoms with E-state index in [2.05, 4.69) is 25.8 Å². The van der Waals surface area contributed by atoms with Gasteiger partial charge in [-0.3, -0.25) is 4.90 Å². The molecular formula is C22H24F4N8O2. The van der Waals surface area contributed by atoms with Crippen molar-refractivity contribution in [3.05, 3.63) is 30.5 Å². The minimum absolute atomic E-state index is 0.0639. The van der Waals surface area contributed by atoms with Crippen molar-refractivity contribution in [2.75, 3.05) is 50.6 Å². The van der Waals surface area contributed by atoms with Gasteiger partial charge < -0.3 is 20.1 Å². The molecule has 1 unspecified atom stereocenters. The average molecular weight is 508 g/mol. The summed E-state index contributed by atoms with van der Waals surface area (Å²) >= 11 is 0. The molecule has 2 aromatic heterocycles. The predicted molar refractivity (Wildman–Crippen MR) is 123 cm³/mol. The molecule has 14 heteroatoms. The number of hydrogen-bond donors (Lipinski definition) is 3. The van der Waals surface area contributed by atoms with Gasteiger partial charge in [0.05, 0.1) is 38.1 Å². The van der Waals surface area contributed by atoms with Gasteiger partial charge in [0.25, 0.3) is 0 Å². The van der Waals surface area contributed by atoms with Crippen molar-refractivity contribution in [3.8, 4) is 17.0 Å². The van der Waals surface area contributed by atoms with E-state index in [1.807, 2.05) is 4.90 Å². The van der Waals surface area contributed by atoms with Crippen molar-refractivity contribution in [2.24, 2.45) is 5.11 Å². The Kier molecular flexibility index (Phi) is 6.38. The van der Waals surface area contributed by atoms with Crippen LogP contribution in [0.25, 0.3) is 16.6 Å². The highest BCUT2D eigenvalue weighted by Crippen LogP contribution is 2.36. The zero-order chi connectivity index (χ0) is 25.4. The number of fused-ring (bicyclic) bond motifs is 1. The summed E-state index contributed by atoms with van der Waals surface area (Å²) < 4.78 is 65.1. The van der Waals surface area contributed by atoms with Gasteiger partial charge in [-0.2, -0.15) is 23.3 Å². The van der Waals surface area contributed by atoms with Crippen LogP contribution in [0, 0.1) is 5.53 Å². The van der Waals surface area contributed by atoms with Crippen molar-refractivity contribution in [3.63, 3.8) is 0 Å². The summed E-state index contributed by atoms with van der Waals surface area (Å²) in [5, 5.41) is 13.1. The Balaban J connectivity index is 1.43. The van der Waals surface area contributed by atoms with Gasteiger partial charge in [-0.05, 0) is 23.8 Å². The van der Waals surface area contributed by atoms with Gasteiger partial charge in [-0.15, -0.1) is 5.10 Å². The molecule has 2 saturated heterocycles. The molecular weight excluding hydrogens is 484 g/mol. The number of halogens is 4. The van der Waals surface area contributed by atoms with Gasteiger partial charge in [0.1, 0.15) is 23.9 Å². The first kappa shape index (κ1) is 24.2. The van der Waals surface area contributed by atoms with E-state index in [-0.39, 0.29) is 29.2 Å². The zero-order valence-electron chi connectivity index (χ0n) is 19.2. The summed E-state index contributed by atoms with van der Waals surface area (Å²) in [5.74, 6) is 0.404. The quantitative estimate of drug-likeness (QED) is 0.313. The third kappa shape index (κ3) is 4.78. The molecule has 3 N–H and O–H groups in total. The molecule has 3 aromatic rings. The maximum Gasteiger partial charge on any atom is 0.405 e. The van der Waals surface area contributed by atoms with Crippen LogP contribution in [0.5, 0.6) is 5.88 Å². The highest BCUT2D eigenvalue weighted by Gasteiger charge is 2.39. The second-order valence-corrected chi connectivity index (χ2v) is 8.69. The van der Waals surface area contributed by atoms with Crippen LogP contribution in [0.15, 0.2) is 35.6 Å². The summed E-state index contributed by atoms with van der Waals surface area (Å²) in [6, 6.07) is 6.02. The molecule has 2 aliphatic heterocycles. The Morgan fingerprint density at radius 2 is 2.06 bits per heavy atom. The number of methoxy groups -OCH3 is 1. The molecule has 4 heterocycles. The van der Waals surface area contributed by atoms with E-state index >= 15 is 0 Å². The van der Waals surface area contributed by atoms with Crippen LogP contribution in [0.4, 0.5) is 34.9 Å². The third-order valence-electron chi connectivity index (χ3n) is 6.31. The topological polar surface area (TPSA) is 112 Å². The van der Waals surface area contributed by atoms with Crippen molar-refractivity contribution >= 4 is 22.8 Å². The number of hydrogen-bond acceptors (Lipinski definition) is 9. The summed E-state index contributed by atoms with van der Waals surface area (Å²) in [4.78, 5) is 6.46. The molecule has 2 atom stereocenters. The summed E-state index contributed by atoms with van der Waals surface area (Å²) in [6.45, 7) is 0.748. The number of ether oxygens (including phenoxy) is 2. The highest BCUT2D eigenvalue weighted by molar-refractivity contribution is 5.87. The van der Waals surface area contributed by atoms with Crippen LogP contribution in [-0.4, -0.2) is 83.9 Å². The van der Waals surface area contributed by atoms with E-state index in [1.165, 1.54) is 23.8 Å². The van der Waals surface area contributed by atoms with Gasteiger partial charge in [-0.25, -0.2) is 14.4 Å². The van der Waals surface area contributed by atoms with Gasteiger partial charge in [-0.1, -0.05) is 6.07 Å². The highest BCUT2D eigenvalue weighted by atomic mass is 19.4. The molecule has 0 aliphatic carbocycles. The minimum Gasteiger partial charge on any atom is -0.479 e. The molecule has 0 saturated carbocycles. The van der Waals surface area contributed by atoms with Crippen LogP contribution in [-0.2, 0) is 4.74 Å². The standard InChI is InChI=1S/C22H24F4N8O2/c1-35-20-19-14(12-2-3-16(31-27)17(6-12)28-11-22(24,25)26)4-5-34(19)32-21(30-20)29-18-8-33(7-15(18)23)13-9-36-10-13/h2-6,13,15,18,27-28H,7-11H2,1H3,(H,29,32)/t15-,18?/m0/s1. The number of likely N-dealkylation sites (tertiary alicyclic amines) is 1. The summed E-state index contributed by atoms with van der Waals surface area (Å²) in [5.41, 5.74) is 9.03. The molecule has 0 radical (unpaired) electrons. The smallest absolute Gasteiger partial charge is 0.405 e. The minimum atomic E-state index is -4.43. The normalized spacial score (nSPS) is 20.9. The second-order valence-electron chi connectivity index (χ2n) is 8.69. The van der Waals surface area contributed by atoms with Gasteiger partial charge in [0.15, 0.2) is 0 Å². The molecule has 0 spiro atoms. The summed E-state index contributed by atoms with van der Waals surface area (Å²) in [6.07, 6.45) is -3.87. The molecule has 1 aromatic carbocycles. The molecule has 10 nitrogen and oxygen atoms in total. The average Bonchev–Trinajstić information content (AvgIpc) is 3.38. The van der Waals surface area contributed by atoms with Gasteiger partial charge in [0.2, 0.25) is 11.8 Å². The van der Waals surface area contributed by atoms with Crippen LogP contribution >= 0.6 is 0 Å². The van der Waals surface area contributed by atoms with E-state index < -0.39 is 24.9 Å². The van der Waals surface area contributed by atoms with E-state index in [0.29, 0.717) is 42.9 Å². The first-order valence-electron chi connectivity index (χ1n) is 11.2. The van der Waals surface area contributed by atoms with E-state index in [4.69, 9.17) is 15.0 Å². The SMILES string of the molecule is COc1nc(NC2CN(C3COC3)C[C@@H]2F)nn2ccc(-c3ccc(N=N)c(NCC(F)(F)F)c3)c12. The Morgan fingerprint density at radius 1 is 1.25 bits per heavy atom. The maximum atomic E-state index is 14.7. The lowest BCUT2D eigenvalue weighted by atomic mass is 10.1. The fraction of sp³-hybridized carbons (Fsp3) is 0.455. The zero-order valence-corrected chi connectivity index (χ0v) is 19.2. The fourth-order valence-electron chi connectivity index (χ4n) is 4.39.